The molecular weight excluding hydrogens is 865 g/mol. The molecule has 5 aromatic rings. The molecule has 0 aliphatic rings. The van der Waals surface area contributed by atoms with Gasteiger partial charge in [-0.2, -0.15) is 23.3 Å². The number of azo groups is 2. The molecule has 0 aliphatic carbocycles. The van der Waals surface area contributed by atoms with E-state index in [-0.39, 0.29) is 88.1 Å². The Hall–Kier alpha value is -3.71. The van der Waals surface area contributed by atoms with Gasteiger partial charge < -0.3 is 24.6 Å². The first-order chi connectivity index (χ1) is 23.3. The molecule has 24 heteroatoms. The number of carbonyl (C=O) groups is 1. The average molecular weight is 885 g/mol. The smallest absolute Gasteiger partial charge is 0.358 e. The fourth-order valence-corrected chi connectivity index (χ4v) is 5.69. The number of carboxylic acid groups (broad SMARTS) is 1. The third-order valence-electron chi connectivity index (χ3n) is 6.45. The number of aromatic nitrogens is 2. The van der Waals surface area contributed by atoms with E-state index in [9.17, 15) is 41.8 Å². The van der Waals surface area contributed by atoms with Crippen LogP contribution in [0.25, 0.3) is 16.5 Å². The van der Waals surface area contributed by atoms with Crippen LogP contribution in [0.5, 0.6) is 17.4 Å². The summed E-state index contributed by atoms with van der Waals surface area (Å²) in [6, 6.07) is 14.3. The van der Waals surface area contributed by atoms with Crippen LogP contribution in [-0.2, 0) is 80.3 Å². The molecule has 6 N–H and O–H groups in total. The largest absolute Gasteiger partial charge is 0.506 e. The summed E-state index contributed by atoms with van der Waals surface area (Å²) in [6.07, 6.45) is 0. The van der Waals surface area contributed by atoms with E-state index in [1.165, 1.54) is 43.5 Å². The molecule has 4 aromatic carbocycles. The maximum Gasteiger partial charge on any atom is 0.358 e. The summed E-state index contributed by atoms with van der Waals surface area (Å²) in [5, 5.41) is 64.1. The van der Waals surface area contributed by atoms with Gasteiger partial charge in [-0.15, -0.1) is 19.7 Å². The Kier molecular flexibility index (Phi) is 14.5. The summed E-state index contributed by atoms with van der Waals surface area (Å²) in [5.41, 5.74) is -0.940. The van der Waals surface area contributed by atoms with E-state index in [2.05, 4.69) is 34.9 Å². The molecule has 0 saturated carbocycles. The van der Waals surface area contributed by atoms with Crippen molar-refractivity contribution in [2.75, 3.05) is 7.11 Å². The zero-order chi connectivity index (χ0) is 35.5. The fraction of sp³-hybridized carbons (Fsp3) is 0.0370. The number of nitrogens with zero attached hydrogens (tertiary/aromatic N) is 6. The number of phenolic OH excluding ortho intramolecular Hbond substituents is 1. The Morgan fingerprint density at radius 1 is 0.941 bits per heavy atom. The fourth-order valence-electron chi connectivity index (χ4n) is 4.22. The third-order valence-corrected chi connectivity index (χ3v) is 8.65. The number of rotatable bonds is 12. The number of carboxylic acids is 1. The van der Waals surface area contributed by atoms with Gasteiger partial charge in [0.1, 0.15) is 27.8 Å². The van der Waals surface area contributed by atoms with E-state index < -0.39 is 55.1 Å². The van der Waals surface area contributed by atoms with E-state index in [0.717, 1.165) is 22.9 Å². The van der Waals surface area contributed by atoms with Crippen LogP contribution in [0.2, 0.25) is 0 Å². The molecule has 1 atom stereocenters. The molecule has 0 amide bonds. The third kappa shape index (κ3) is 9.59. The maximum absolute atomic E-state index is 11.9. The number of aromatic hydroxyl groups is 2. The topological polar surface area (TPSA) is 285 Å². The first-order valence-electron chi connectivity index (χ1n) is 13.0. The van der Waals surface area contributed by atoms with E-state index in [1.807, 2.05) is 0 Å². The van der Waals surface area contributed by atoms with Crippen LogP contribution in [-0.4, -0.2) is 65.2 Å². The van der Waals surface area contributed by atoms with Crippen LogP contribution < -0.4 is 4.74 Å². The van der Waals surface area contributed by atoms with Crippen LogP contribution in [0.15, 0.2) is 102 Å². The SMILES string of the molecule is COc1cc(N=Nc2cc3cc(N=Nc4c(C(=O)O)nn(-c5ccc(S(=O)(=O)O)cc5)c4O)ccc3cc2SOOO)c(O)cc1S(=O)O.[Cu].[Y]. The molecule has 268 valence electrons. The van der Waals surface area contributed by atoms with Gasteiger partial charge >= 0.3 is 5.97 Å². The first kappa shape index (κ1) is 41.7. The quantitative estimate of drug-likeness (QED) is 0.0154. The van der Waals surface area contributed by atoms with Crippen molar-refractivity contribution in [1.82, 2.24) is 9.78 Å². The predicted octanol–water partition coefficient (Wildman–Crippen LogP) is 6.22. The molecule has 51 heavy (non-hydrogen) atoms. The zero-order valence-electron chi connectivity index (χ0n) is 25.2. The normalized spacial score (nSPS) is 12.2. The summed E-state index contributed by atoms with van der Waals surface area (Å²) < 4.78 is 63.3. The molecule has 1 aromatic heterocycles. The van der Waals surface area contributed by atoms with Gasteiger partial charge in [0.25, 0.3) is 10.1 Å². The summed E-state index contributed by atoms with van der Waals surface area (Å²) in [6.45, 7) is 0. The minimum atomic E-state index is -4.50. The number of methoxy groups -OCH3 is 1. The van der Waals surface area contributed by atoms with E-state index >= 15 is 0 Å². The molecule has 5 rings (SSSR count). The van der Waals surface area contributed by atoms with Gasteiger partial charge in [-0.25, -0.2) is 14.3 Å². The molecule has 2 radical (unpaired) electrons. The van der Waals surface area contributed by atoms with Crippen molar-refractivity contribution >= 4 is 72.7 Å². The van der Waals surface area contributed by atoms with Crippen molar-refractivity contribution < 1.29 is 111 Å². The second-order valence-electron chi connectivity index (χ2n) is 9.42. The van der Waals surface area contributed by atoms with Crippen molar-refractivity contribution in [3.8, 4) is 23.1 Å². The van der Waals surface area contributed by atoms with Gasteiger partial charge in [-0.1, -0.05) is 11.1 Å². The van der Waals surface area contributed by atoms with Gasteiger partial charge in [-0.05, 0) is 59.3 Å². The van der Waals surface area contributed by atoms with Crippen LogP contribution in [0.3, 0.4) is 0 Å². The summed E-state index contributed by atoms with van der Waals surface area (Å²) in [4.78, 5) is 11.6. The van der Waals surface area contributed by atoms with Crippen molar-refractivity contribution in [2.24, 2.45) is 20.5 Å². The van der Waals surface area contributed by atoms with Gasteiger partial charge in [0, 0.05) is 61.9 Å². The van der Waals surface area contributed by atoms with E-state index in [4.69, 9.17) is 9.99 Å². The van der Waals surface area contributed by atoms with Crippen molar-refractivity contribution in [1.29, 1.82) is 0 Å². The summed E-state index contributed by atoms with van der Waals surface area (Å²) in [5.74, 6) is -2.79. The van der Waals surface area contributed by atoms with Gasteiger partial charge in [0.2, 0.25) is 11.6 Å². The standard InChI is InChI=1S/C27H20N6O13S3.Cu.Y/c1-44-21-11-18(20(34)12-23(21)48(39)40)29-30-19-9-14-8-15(3-2-13(14)10-22(19)47-46-45-38)28-31-24-25(27(36)37)32-33(26(24)35)16-4-6-17(7-5-16)49(41,42)43;;/h2-12,34-35,38H,1H3,(H,36,37)(H,39,40)(H,41,42,43);;. The second-order valence-corrected chi connectivity index (χ2v) is 12.5. The molecule has 1 unspecified atom stereocenters. The number of ether oxygens (including phenoxy) is 1. The number of aromatic carboxylic acids is 1. The van der Waals surface area contributed by atoms with Gasteiger partial charge in [0.15, 0.2) is 16.8 Å². The maximum atomic E-state index is 11.9. The Morgan fingerprint density at radius 3 is 2.24 bits per heavy atom. The summed E-state index contributed by atoms with van der Waals surface area (Å²) in [7, 11) is -3.25. The Bertz CT molecular complexity index is 2290. The van der Waals surface area contributed by atoms with Gasteiger partial charge in [0.05, 0.1) is 40.3 Å². The van der Waals surface area contributed by atoms with Crippen molar-refractivity contribution in [2.45, 2.75) is 14.7 Å². The van der Waals surface area contributed by atoms with E-state index in [1.54, 1.807) is 12.1 Å². The molecule has 1 heterocycles. The average Bonchev–Trinajstić information content (AvgIpc) is 3.40. The van der Waals surface area contributed by atoms with Gasteiger partial charge in [-0.3, -0.25) is 4.55 Å². The van der Waals surface area contributed by atoms with E-state index in [0.29, 0.717) is 22.8 Å². The second kappa shape index (κ2) is 17.7. The van der Waals surface area contributed by atoms with Crippen LogP contribution in [0, 0.1) is 0 Å². The monoisotopic (exact) mass is 884 g/mol. The van der Waals surface area contributed by atoms with Crippen molar-refractivity contribution in [3.05, 3.63) is 72.4 Å². The Balaban J connectivity index is 0.00000351. The number of hydrogen-bond acceptors (Lipinski definition) is 16. The first-order valence-corrected chi connectivity index (χ1v) is 16.3. The minimum absolute atomic E-state index is 0. The molecule has 0 spiro atoms. The zero-order valence-corrected chi connectivity index (χ0v) is 31.4. The molecular formula is C27H20CuN6O13S3Y. The Morgan fingerprint density at radius 2 is 1.63 bits per heavy atom. The van der Waals surface area contributed by atoms with Crippen molar-refractivity contribution in [3.63, 3.8) is 0 Å². The molecule has 0 aliphatic heterocycles. The number of fused-ring (bicyclic) bond motifs is 1. The molecule has 0 saturated heterocycles. The van der Waals surface area contributed by atoms with Crippen LogP contribution in [0.4, 0.5) is 22.7 Å². The minimum Gasteiger partial charge on any atom is -0.506 e. The van der Waals surface area contributed by atoms with Crippen LogP contribution in [0.1, 0.15) is 10.5 Å². The molecule has 0 fully saturated rings. The predicted molar refractivity (Wildman–Crippen MR) is 169 cm³/mol. The molecule has 19 nitrogen and oxygen atoms in total. The van der Waals surface area contributed by atoms with Crippen LogP contribution >= 0.6 is 12.0 Å². The number of phenols is 1. The Labute approximate surface area is 328 Å². The number of benzene rings is 4. The summed E-state index contributed by atoms with van der Waals surface area (Å²) >= 11 is -1.89. The molecule has 0 bridgehead atoms. The number of hydrogen-bond donors (Lipinski definition) is 6.